The summed E-state index contributed by atoms with van der Waals surface area (Å²) in [6.07, 6.45) is 2.24. The van der Waals surface area contributed by atoms with Gasteiger partial charge in [0.05, 0.1) is 16.7 Å². The minimum atomic E-state index is -0.471. The molecule has 8 nitrogen and oxygen atoms in total. The maximum absolute atomic E-state index is 12.6. The second kappa shape index (κ2) is 8.66. The third-order valence-electron chi connectivity index (χ3n) is 4.87. The van der Waals surface area contributed by atoms with Gasteiger partial charge in [-0.15, -0.1) is 10.2 Å². The Hall–Kier alpha value is -3.20. The minimum absolute atomic E-state index is 0.0166. The van der Waals surface area contributed by atoms with Crippen LogP contribution < -0.4 is 5.32 Å². The summed E-state index contributed by atoms with van der Waals surface area (Å²) in [5.74, 6) is 1.22. The number of hydrogen-bond donors (Lipinski definition) is 1. The van der Waals surface area contributed by atoms with Crippen molar-refractivity contribution in [1.82, 2.24) is 14.8 Å². The molecule has 1 N–H and O–H groups in total. The number of aromatic nitrogens is 3. The van der Waals surface area contributed by atoms with E-state index >= 15 is 0 Å². The first kappa shape index (κ1) is 20.1. The van der Waals surface area contributed by atoms with Crippen molar-refractivity contribution in [3.05, 3.63) is 76.1 Å². The number of anilines is 1. The fraction of sp³-hybridized carbons (Fsp3) is 0.286. The van der Waals surface area contributed by atoms with Crippen molar-refractivity contribution >= 4 is 29.0 Å². The van der Waals surface area contributed by atoms with Crippen molar-refractivity contribution < 1.29 is 9.72 Å². The molecule has 154 valence electrons. The number of carbonyl (C=O) groups is 1. The zero-order chi connectivity index (χ0) is 21.1. The smallest absolute Gasteiger partial charge is 0.269 e. The second-order valence-electron chi connectivity index (χ2n) is 7.24. The lowest BCUT2D eigenvalue weighted by atomic mass is 10.2. The molecule has 0 spiro atoms. The maximum Gasteiger partial charge on any atom is 0.269 e. The maximum atomic E-state index is 12.6. The summed E-state index contributed by atoms with van der Waals surface area (Å²) in [6.45, 7) is 2.47. The number of non-ortho nitro benzene ring substituents is 1. The van der Waals surface area contributed by atoms with Gasteiger partial charge < -0.3 is 9.88 Å². The molecular formula is C21H21N5O3S. The normalized spacial score (nSPS) is 14.3. The van der Waals surface area contributed by atoms with Crippen LogP contribution >= 0.6 is 11.8 Å². The molecule has 1 aliphatic rings. The van der Waals surface area contributed by atoms with E-state index in [1.165, 1.54) is 36.0 Å². The molecule has 0 radical (unpaired) electrons. The monoisotopic (exact) mass is 423 g/mol. The van der Waals surface area contributed by atoms with E-state index < -0.39 is 10.2 Å². The predicted molar refractivity (Wildman–Crippen MR) is 115 cm³/mol. The summed E-state index contributed by atoms with van der Waals surface area (Å²) in [4.78, 5) is 22.9. The van der Waals surface area contributed by atoms with Crippen LogP contribution in [0.15, 0.2) is 59.8 Å². The number of benzene rings is 2. The van der Waals surface area contributed by atoms with Crippen LogP contribution in [0.5, 0.6) is 0 Å². The Morgan fingerprint density at radius 3 is 2.53 bits per heavy atom. The van der Waals surface area contributed by atoms with E-state index in [1.807, 2.05) is 25.1 Å². The number of nitrogens with zero attached hydrogens (tertiary/aromatic N) is 4. The highest BCUT2D eigenvalue weighted by Gasteiger charge is 2.31. The standard InChI is InChI=1S/C21H21N5O3S/c1-14(20(27)22-17-9-11-18(12-10-17)26(28)29)30-21-24-23-19(16-7-8-16)25(21)13-15-5-3-2-4-6-15/h2-6,9-12,14,16H,7-8,13H2,1H3,(H,22,27). The molecule has 9 heteroatoms. The van der Waals surface area contributed by atoms with E-state index in [-0.39, 0.29) is 11.6 Å². The molecule has 1 unspecified atom stereocenters. The van der Waals surface area contributed by atoms with Crippen LogP contribution in [0, 0.1) is 10.1 Å². The number of carbonyl (C=O) groups excluding carboxylic acids is 1. The highest BCUT2D eigenvalue weighted by molar-refractivity contribution is 8.00. The van der Waals surface area contributed by atoms with Crippen molar-refractivity contribution in [2.45, 2.75) is 42.6 Å². The Morgan fingerprint density at radius 2 is 1.90 bits per heavy atom. The second-order valence-corrected chi connectivity index (χ2v) is 8.55. The number of amides is 1. The number of nitrogens with one attached hydrogen (secondary N) is 1. The lowest BCUT2D eigenvalue weighted by Crippen LogP contribution is -2.23. The van der Waals surface area contributed by atoms with Crippen molar-refractivity contribution in [3.63, 3.8) is 0 Å². The van der Waals surface area contributed by atoms with E-state index in [1.54, 1.807) is 0 Å². The molecule has 1 amide bonds. The molecule has 0 aliphatic heterocycles. The van der Waals surface area contributed by atoms with Crippen molar-refractivity contribution in [2.75, 3.05) is 5.32 Å². The quantitative estimate of drug-likeness (QED) is 0.330. The fourth-order valence-electron chi connectivity index (χ4n) is 3.07. The van der Waals surface area contributed by atoms with Gasteiger partial charge in [-0.25, -0.2) is 0 Å². The molecule has 1 aromatic heterocycles. The number of rotatable bonds is 8. The first-order valence-corrected chi connectivity index (χ1v) is 10.6. The van der Waals surface area contributed by atoms with E-state index in [0.29, 0.717) is 23.3 Å². The van der Waals surface area contributed by atoms with Crippen LogP contribution in [0.3, 0.4) is 0 Å². The third-order valence-corrected chi connectivity index (χ3v) is 5.95. The predicted octanol–water partition coefficient (Wildman–Crippen LogP) is 4.23. The molecule has 1 saturated carbocycles. The summed E-state index contributed by atoms with van der Waals surface area (Å²) < 4.78 is 2.10. The van der Waals surface area contributed by atoms with Gasteiger partial charge >= 0.3 is 0 Å². The van der Waals surface area contributed by atoms with Gasteiger partial charge in [0, 0.05) is 23.7 Å². The highest BCUT2D eigenvalue weighted by atomic mass is 32.2. The average Bonchev–Trinajstić information content (AvgIpc) is 3.52. The number of nitro benzene ring substituents is 1. The SMILES string of the molecule is CC(Sc1nnc(C2CC2)n1Cc1ccccc1)C(=O)Nc1ccc([N+](=O)[O-])cc1. The zero-order valence-electron chi connectivity index (χ0n) is 16.4. The van der Waals surface area contributed by atoms with Crippen LogP contribution in [0.1, 0.15) is 37.1 Å². The fourth-order valence-corrected chi connectivity index (χ4v) is 3.92. The van der Waals surface area contributed by atoms with Gasteiger partial charge in [-0.3, -0.25) is 14.9 Å². The summed E-state index contributed by atoms with van der Waals surface area (Å²) >= 11 is 1.36. The summed E-state index contributed by atoms with van der Waals surface area (Å²) in [7, 11) is 0. The van der Waals surface area contributed by atoms with Gasteiger partial charge in [0.25, 0.3) is 5.69 Å². The molecule has 4 rings (SSSR count). The van der Waals surface area contributed by atoms with E-state index in [4.69, 9.17) is 0 Å². The number of nitro groups is 1. The van der Waals surface area contributed by atoms with Gasteiger partial charge in [0.15, 0.2) is 5.16 Å². The summed E-state index contributed by atoms with van der Waals surface area (Å²) in [5, 5.41) is 22.6. The van der Waals surface area contributed by atoms with Gasteiger partial charge in [0.2, 0.25) is 5.91 Å². The van der Waals surface area contributed by atoms with E-state index in [9.17, 15) is 14.9 Å². The van der Waals surface area contributed by atoms with E-state index in [0.717, 1.165) is 24.2 Å². The number of hydrogen-bond acceptors (Lipinski definition) is 6. The third kappa shape index (κ3) is 4.68. The summed E-state index contributed by atoms with van der Waals surface area (Å²) in [6, 6.07) is 15.9. The Labute approximate surface area is 177 Å². The van der Waals surface area contributed by atoms with Crippen molar-refractivity contribution in [2.24, 2.45) is 0 Å². The first-order valence-electron chi connectivity index (χ1n) is 9.70. The Kier molecular flexibility index (Phi) is 5.80. The molecule has 1 fully saturated rings. The molecular weight excluding hydrogens is 402 g/mol. The van der Waals surface area contributed by atoms with Gasteiger partial charge in [0.1, 0.15) is 5.82 Å². The molecule has 1 aliphatic carbocycles. The highest BCUT2D eigenvalue weighted by Crippen LogP contribution is 2.40. The molecule has 30 heavy (non-hydrogen) atoms. The summed E-state index contributed by atoms with van der Waals surface area (Å²) in [5.41, 5.74) is 1.66. The van der Waals surface area contributed by atoms with E-state index in [2.05, 4.69) is 32.2 Å². The Morgan fingerprint density at radius 1 is 1.20 bits per heavy atom. The van der Waals surface area contributed by atoms with Crippen LogP contribution in [0.2, 0.25) is 0 Å². The molecule has 1 heterocycles. The average molecular weight is 423 g/mol. The van der Waals surface area contributed by atoms with Crippen LogP contribution in [-0.4, -0.2) is 30.8 Å². The molecule has 3 aromatic rings. The Bertz CT molecular complexity index is 1050. The van der Waals surface area contributed by atoms with Crippen LogP contribution in [0.4, 0.5) is 11.4 Å². The molecule has 1 atom stereocenters. The lowest BCUT2D eigenvalue weighted by molar-refractivity contribution is -0.384. The first-order chi connectivity index (χ1) is 14.5. The largest absolute Gasteiger partial charge is 0.325 e. The number of thioether (sulfide) groups is 1. The topological polar surface area (TPSA) is 103 Å². The van der Waals surface area contributed by atoms with Crippen LogP contribution in [-0.2, 0) is 11.3 Å². The van der Waals surface area contributed by atoms with Gasteiger partial charge in [-0.05, 0) is 37.5 Å². The molecule has 2 aromatic carbocycles. The van der Waals surface area contributed by atoms with Gasteiger partial charge in [-0.1, -0.05) is 42.1 Å². The van der Waals surface area contributed by atoms with Crippen molar-refractivity contribution in [1.29, 1.82) is 0 Å². The van der Waals surface area contributed by atoms with Gasteiger partial charge in [-0.2, -0.15) is 0 Å². The Balaban J connectivity index is 1.46. The van der Waals surface area contributed by atoms with Crippen molar-refractivity contribution in [3.8, 4) is 0 Å². The zero-order valence-corrected chi connectivity index (χ0v) is 17.2. The molecule has 0 saturated heterocycles. The molecule has 0 bridgehead atoms. The lowest BCUT2D eigenvalue weighted by Gasteiger charge is -2.14. The minimum Gasteiger partial charge on any atom is -0.325 e. The van der Waals surface area contributed by atoms with Crippen LogP contribution in [0.25, 0.3) is 0 Å².